The summed E-state index contributed by atoms with van der Waals surface area (Å²) in [7, 11) is 0. The van der Waals surface area contributed by atoms with Gasteiger partial charge in [0.05, 0.1) is 5.41 Å². The van der Waals surface area contributed by atoms with Crippen LogP contribution in [0.4, 0.5) is 4.39 Å². The molecule has 1 aromatic carbocycles. The molecule has 0 unspecified atom stereocenters. The summed E-state index contributed by atoms with van der Waals surface area (Å²) in [4.78, 5) is 26.4. The minimum Gasteiger partial charge on any atom is -0.351 e. The summed E-state index contributed by atoms with van der Waals surface area (Å²) >= 11 is 0. The van der Waals surface area contributed by atoms with Gasteiger partial charge in [0.15, 0.2) is 0 Å². The van der Waals surface area contributed by atoms with E-state index in [2.05, 4.69) is 5.32 Å². The maximum Gasteiger partial charge on any atom is 0.227 e. The molecule has 1 fully saturated rings. The lowest BCUT2D eigenvalue weighted by Crippen LogP contribution is -2.51. The molecule has 0 bridgehead atoms. The molecule has 2 amide bonds. The topological polar surface area (TPSA) is 49.4 Å². The van der Waals surface area contributed by atoms with Crippen LogP contribution in [0.1, 0.15) is 45.1 Å². The summed E-state index contributed by atoms with van der Waals surface area (Å²) in [5, 5.41) is 2.88. The van der Waals surface area contributed by atoms with Crippen molar-refractivity contribution < 1.29 is 14.0 Å². The Morgan fingerprint density at radius 3 is 2.87 bits per heavy atom. The highest BCUT2D eigenvalue weighted by Gasteiger charge is 2.38. The van der Waals surface area contributed by atoms with Crippen LogP contribution < -0.4 is 5.32 Å². The zero-order chi connectivity index (χ0) is 16.9. The third-order valence-electron chi connectivity index (χ3n) is 4.40. The molecule has 1 saturated heterocycles. The Bertz CT molecular complexity index is 576. The molecular weight excluding hydrogens is 295 g/mol. The number of likely N-dealkylation sites (tertiary alicyclic amines) is 1. The zero-order valence-electron chi connectivity index (χ0n) is 13.9. The van der Waals surface area contributed by atoms with Crippen LogP contribution in [0, 0.1) is 11.2 Å². The van der Waals surface area contributed by atoms with Crippen molar-refractivity contribution in [2.75, 3.05) is 13.1 Å². The first-order valence-corrected chi connectivity index (χ1v) is 8.25. The number of carbonyl (C=O) groups is 2. The van der Waals surface area contributed by atoms with Crippen molar-refractivity contribution >= 4 is 11.8 Å². The SMILES string of the molecule is CCCC(=O)N1CCC[C@@](C)(C(=O)NCc2cccc(F)c2)C1. The van der Waals surface area contributed by atoms with E-state index in [0.29, 0.717) is 19.5 Å². The molecular formula is C18H25FN2O2. The van der Waals surface area contributed by atoms with Gasteiger partial charge in [0, 0.05) is 26.1 Å². The molecule has 4 nitrogen and oxygen atoms in total. The monoisotopic (exact) mass is 320 g/mol. The quantitative estimate of drug-likeness (QED) is 0.907. The van der Waals surface area contributed by atoms with Gasteiger partial charge in [-0.1, -0.05) is 19.1 Å². The molecule has 5 heteroatoms. The van der Waals surface area contributed by atoms with Gasteiger partial charge >= 0.3 is 0 Å². The lowest BCUT2D eigenvalue weighted by atomic mass is 9.80. The third-order valence-corrected chi connectivity index (χ3v) is 4.40. The van der Waals surface area contributed by atoms with E-state index in [4.69, 9.17) is 0 Å². The number of rotatable bonds is 5. The van der Waals surface area contributed by atoms with Crippen molar-refractivity contribution in [3.63, 3.8) is 0 Å². The summed E-state index contributed by atoms with van der Waals surface area (Å²) in [5.41, 5.74) is 0.159. The Morgan fingerprint density at radius 1 is 1.39 bits per heavy atom. The predicted octanol–water partition coefficient (Wildman–Crippen LogP) is 2.87. The standard InChI is InChI=1S/C18H25FN2O2/c1-3-6-16(22)21-10-5-9-18(2,13-21)17(23)20-12-14-7-4-8-15(19)11-14/h4,7-8,11H,3,5-6,9-10,12-13H2,1-2H3,(H,20,23)/t18-/m1/s1. The maximum absolute atomic E-state index is 13.2. The van der Waals surface area contributed by atoms with Crippen molar-refractivity contribution in [2.45, 2.75) is 46.1 Å². The number of amides is 2. The van der Waals surface area contributed by atoms with E-state index in [1.807, 2.05) is 13.8 Å². The van der Waals surface area contributed by atoms with Crippen LogP contribution in [0.2, 0.25) is 0 Å². The second kappa shape index (κ2) is 7.57. The van der Waals surface area contributed by atoms with Crippen LogP contribution in [0.15, 0.2) is 24.3 Å². The fraction of sp³-hybridized carbons (Fsp3) is 0.556. The van der Waals surface area contributed by atoms with E-state index in [-0.39, 0.29) is 17.6 Å². The first kappa shape index (κ1) is 17.4. The fourth-order valence-corrected chi connectivity index (χ4v) is 3.05. The predicted molar refractivity (Wildman–Crippen MR) is 87.1 cm³/mol. The molecule has 23 heavy (non-hydrogen) atoms. The van der Waals surface area contributed by atoms with Crippen molar-refractivity contribution in [3.8, 4) is 0 Å². The number of nitrogens with one attached hydrogen (secondary N) is 1. The summed E-state index contributed by atoms with van der Waals surface area (Å²) in [6.07, 6.45) is 2.94. The molecule has 1 atom stereocenters. The van der Waals surface area contributed by atoms with E-state index >= 15 is 0 Å². The molecule has 0 aromatic heterocycles. The molecule has 1 aromatic rings. The van der Waals surface area contributed by atoms with Crippen LogP contribution in [0.3, 0.4) is 0 Å². The lowest BCUT2D eigenvalue weighted by Gasteiger charge is -2.39. The minimum atomic E-state index is -0.574. The normalized spacial score (nSPS) is 21.1. The summed E-state index contributed by atoms with van der Waals surface area (Å²) in [6, 6.07) is 6.21. The minimum absolute atomic E-state index is 0.0734. The van der Waals surface area contributed by atoms with Gasteiger partial charge in [-0.2, -0.15) is 0 Å². The largest absolute Gasteiger partial charge is 0.351 e. The first-order valence-electron chi connectivity index (χ1n) is 8.25. The number of benzene rings is 1. The number of hydrogen-bond donors (Lipinski definition) is 1. The third kappa shape index (κ3) is 4.53. The van der Waals surface area contributed by atoms with E-state index < -0.39 is 5.41 Å². The second-order valence-electron chi connectivity index (χ2n) is 6.54. The highest BCUT2D eigenvalue weighted by Crippen LogP contribution is 2.30. The number of halogens is 1. The maximum atomic E-state index is 13.2. The summed E-state index contributed by atoms with van der Waals surface area (Å²) in [6.45, 7) is 5.37. The van der Waals surface area contributed by atoms with Crippen molar-refractivity contribution in [2.24, 2.45) is 5.41 Å². The van der Waals surface area contributed by atoms with Gasteiger partial charge in [0.2, 0.25) is 11.8 Å². The smallest absolute Gasteiger partial charge is 0.227 e. The fourth-order valence-electron chi connectivity index (χ4n) is 3.05. The van der Waals surface area contributed by atoms with Crippen LogP contribution >= 0.6 is 0 Å². The Labute approximate surface area is 137 Å². The molecule has 0 aliphatic carbocycles. The van der Waals surface area contributed by atoms with Gasteiger partial charge < -0.3 is 10.2 Å². The molecule has 126 valence electrons. The van der Waals surface area contributed by atoms with Crippen LogP contribution in [-0.4, -0.2) is 29.8 Å². The van der Waals surface area contributed by atoms with Crippen molar-refractivity contribution in [1.29, 1.82) is 0 Å². The molecule has 1 N–H and O–H groups in total. The first-order chi connectivity index (χ1) is 10.9. The van der Waals surface area contributed by atoms with E-state index in [1.165, 1.54) is 12.1 Å². The average molecular weight is 320 g/mol. The van der Waals surface area contributed by atoms with E-state index in [9.17, 15) is 14.0 Å². The molecule has 2 rings (SSSR count). The molecule has 1 heterocycles. The average Bonchev–Trinajstić information content (AvgIpc) is 2.53. The van der Waals surface area contributed by atoms with Crippen molar-refractivity contribution in [1.82, 2.24) is 10.2 Å². The molecule has 0 spiro atoms. The Kier molecular flexibility index (Phi) is 5.74. The number of nitrogens with zero attached hydrogens (tertiary/aromatic N) is 1. The summed E-state index contributed by atoms with van der Waals surface area (Å²) in [5.74, 6) is -0.260. The second-order valence-corrected chi connectivity index (χ2v) is 6.54. The highest BCUT2D eigenvalue weighted by atomic mass is 19.1. The lowest BCUT2D eigenvalue weighted by molar-refractivity contribution is -0.140. The van der Waals surface area contributed by atoms with Crippen LogP contribution in [0.25, 0.3) is 0 Å². The molecule has 1 aliphatic rings. The van der Waals surface area contributed by atoms with Gasteiger partial charge in [-0.15, -0.1) is 0 Å². The molecule has 0 radical (unpaired) electrons. The van der Waals surface area contributed by atoms with Gasteiger partial charge in [0.1, 0.15) is 5.82 Å². The van der Waals surface area contributed by atoms with Gasteiger partial charge in [0.25, 0.3) is 0 Å². The molecule has 1 aliphatic heterocycles. The molecule has 0 saturated carbocycles. The highest BCUT2D eigenvalue weighted by molar-refractivity contribution is 5.84. The van der Waals surface area contributed by atoms with Crippen molar-refractivity contribution in [3.05, 3.63) is 35.6 Å². The Hall–Kier alpha value is -1.91. The van der Waals surface area contributed by atoms with Gasteiger partial charge in [-0.05, 0) is 43.9 Å². The van der Waals surface area contributed by atoms with Crippen LogP contribution in [0.5, 0.6) is 0 Å². The number of carbonyl (C=O) groups excluding carboxylic acids is 2. The summed E-state index contributed by atoms with van der Waals surface area (Å²) < 4.78 is 13.2. The van der Waals surface area contributed by atoms with E-state index in [0.717, 1.165) is 31.4 Å². The van der Waals surface area contributed by atoms with Gasteiger partial charge in [-0.3, -0.25) is 9.59 Å². The van der Waals surface area contributed by atoms with E-state index in [1.54, 1.807) is 17.0 Å². The number of piperidine rings is 1. The number of hydrogen-bond acceptors (Lipinski definition) is 2. The Morgan fingerprint density at radius 2 is 2.17 bits per heavy atom. The Balaban J connectivity index is 1.95. The zero-order valence-corrected chi connectivity index (χ0v) is 13.9. The van der Waals surface area contributed by atoms with Gasteiger partial charge in [-0.25, -0.2) is 4.39 Å². The van der Waals surface area contributed by atoms with Crippen LogP contribution in [-0.2, 0) is 16.1 Å².